The largest absolute Gasteiger partial charge is 0.465 e. The Morgan fingerprint density at radius 2 is 2.23 bits per heavy atom. The highest BCUT2D eigenvalue weighted by Crippen LogP contribution is 2.40. The number of ether oxygens (including phenoxy) is 2. The monoisotopic (exact) mass is 375 g/mol. The van der Waals surface area contributed by atoms with Gasteiger partial charge >= 0.3 is 5.97 Å². The second-order valence-corrected chi connectivity index (χ2v) is 7.60. The highest BCUT2D eigenvalue weighted by Gasteiger charge is 2.34. The summed E-state index contributed by atoms with van der Waals surface area (Å²) in [5.74, 6) is -0.190. The summed E-state index contributed by atoms with van der Waals surface area (Å²) >= 11 is 1.35. The molecule has 0 saturated carbocycles. The van der Waals surface area contributed by atoms with Gasteiger partial charge in [-0.05, 0) is 44.5 Å². The normalized spacial score (nSPS) is 15.7. The molecule has 0 aliphatic carbocycles. The Morgan fingerprint density at radius 3 is 2.92 bits per heavy atom. The summed E-state index contributed by atoms with van der Waals surface area (Å²) in [5, 5.41) is 3.28. The van der Waals surface area contributed by atoms with Crippen molar-refractivity contribution in [3.8, 4) is 0 Å². The van der Waals surface area contributed by atoms with Gasteiger partial charge in [-0.1, -0.05) is 0 Å². The SMILES string of the molecule is CCOC(=O)c1c(NC(=O)/C=C/c2ccco2)sc2c1CC(C)(C)OC2. The van der Waals surface area contributed by atoms with Crippen LogP contribution in [0.1, 0.15) is 47.3 Å². The first-order valence-corrected chi connectivity index (χ1v) is 9.19. The van der Waals surface area contributed by atoms with Crippen LogP contribution in [0.2, 0.25) is 0 Å². The van der Waals surface area contributed by atoms with Gasteiger partial charge in [0.15, 0.2) is 0 Å². The molecule has 3 rings (SSSR count). The van der Waals surface area contributed by atoms with E-state index in [1.165, 1.54) is 23.7 Å². The van der Waals surface area contributed by atoms with E-state index >= 15 is 0 Å². The predicted molar refractivity (Wildman–Crippen MR) is 99.2 cm³/mol. The Hall–Kier alpha value is -2.38. The van der Waals surface area contributed by atoms with Crippen molar-refractivity contribution in [2.45, 2.75) is 39.4 Å². The van der Waals surface area contributed by atoms with Gasteiger partial charge in [0.2, 0.25) is 5.91 Å². The van der Waals surface area contributed by atoms with E-state index in [2.05, 4.69) is 5.32 Å². The first-order valence-electron chi connectivity index (χ1n) is 8.38. The van der Waals surface area contributed by atoms with Gasteiger partial charge in [-0.25, -0.2) is 4.79 Å². The van der Waals surface area contributed by atoms with Crippen LogP contribution < -0.4 is 5.32 Å². The third-order valence-corrected chi connectivity index (χ3v) is 5.07. The van der Waals surface area contributed by atoms with Gasteiger partial charge in [-0.3, -0.25) is 4.79 Å². The molecule has 7 heteroatoms. The van der Waals surface area contributed by atoms with Crippen LogP contribution in [-0.2, 0) is 27.3 Å². The van der Waals surface area contributed by atoms with Gasteiger partial charge < -0.3 is 19.2 Å². The number of anilines is 1. The summed E-state index contributed by atoms with van der Waals surface area (Å²) in [7, 11) is 0. The molecule has 0 bridgehead atoms. The lowest BCUT2D eigenvalue weighted by atomic mass is 9.93. The minimum absolute atomic E-state index is 0.273. The molecular formula is C19H21NO5S. The lowest BCUT2D eigenvalue weighted by molar-refractivity contribution is -0.111. The second-order valence-electron chi connectivity index (χ2n) is 6.49. The number of hydrogen-bond acceptors (Lipinski definition) is 6. The van der Waals surface area contributed by atoms with E-state index in [4.69, 9.17) is 13.9 Å². The van der Waals surface area contributed by atoms with Gasteiger partial charge in [-0.2, -0.15) is 0 Å². The van der Waals surface area contributed by atoms with E-state index < -0.39 is 5.97 Å². The Kier molecular flexibility index (Phi) is 5.29. The smallest absolute Gasteiger partial charge is 0.341 e. The molecule has 0 aromatic carbocycles. The number of esters is 1. The number of amides is 1. The summed E-state index contributed by atoms with van der Waals surface area (Å²) in [6.07, 6.45) is 5.06. The molecule has 0 atom stereocenters. The minimum Gasteiger partial charge on any atom is -0.465 e. The molecule has 6 nitrogen and oxygen atoms in total. The quantitative estimate of drug-likeness (QED) is 0.631. The van der Waals surface area contributed by atoms with Crippen molar-refractivity contribution < 1.29 is 23.5 Å². The van der Waals surface area contributed by atoms with Gasteiger partial charge in [0.05, 0.1) is 30.6 Å². The van der Waals surface area contributed by atoms with Crippen LogP contribution in [0.3, 0.4) is 0 Å². The Labute approximate surface area is 155 Å². The van der Waals surface area contributed by atoms with Crippen LogP contribution in [0, 0.1) is 0 Å². The molecule has 138 valence electrons. The molecule has 3 heterocycles. The molecule has 1 aliphatic rings. The topological polar surface area (TPSA) is 77.8 Å². The van der Waals surface area contributed by atoms with Crippen molar-refractivity contribution in [2.75, 3.05) is 11.9 Å². The number of thiophene rings is 1. The summed E-state index contributed by atoms with van der Waals surface area (Å²) in [6.45, 7) is 6.40. The van der Waals surface area contributed by atoms with E-state index in [-0.39, 0.29) is 18.1 Å². The van der Waals surface area contributed by atoms with Gasteiger partial charge in [0, 0.05) is 17.4 Å². The van der Waals surface area contributed by atoms with Crippen LogP contribution in [0.5, 0.6) is 0 Å². The van der Waals surface area contributed by atoms with E-state index in [1.807, 2.05) is 13.8 Å². The molecule has 0 unspecified atom stereocenters. The van der Waals surface area contributed by atoms with E-state index in [0.717, 1.165) is 10.4 Å². The third kappa shape index (κ3) is 4.05. The Balaban J connectivity index is 1.87. The summed E-state index contributed by atoms with van der Waals surface area (Å²) in [5.41, 5.74) is 0.966. The molecule has 1 N–H and O–H groups in total. The van der Waals surface area contributed by atoms with Crippen LogP contribution >= 0.6 is 11.3 Å². The molecule has 1 amide bonds. The third-order valence-electron chi connectivity index (χ3n) is 3.95. The van der Waals surface area contributed by atoms with Crippen molar-refractivity contribution in [3.63, 3.8) is 0 Å². The van der Waals surface area contributed by atoms with Crippen molar-refractivity contribution in [3.05, 3.63) is 46.2 Å². The Morgan fingerprint density at radius 1 is 1.42 bits per heavy atom. The number of nitrogens with one attached hydrogen (secondary N) is 1. The van der Waals surface area contributed by atoms with Crippen LogP contribution in [0.4, 0.5) is 5.00 Å². The van der Waals surface area contributed by atoms with Gasteiger partial charge in [0.1, 0.15) is 10.8 Å². The zero-order chi connectivity index (χ0) is 18.7. The highest BCUT2D eigenvalue weighted by atomic mass is 32.1. The summed E-state index contributed by atoms with van der Waals surface area (Å²) in [4.78, 5) is 25.7. The molecule has 0 fully saturated rings. The second kappa shape index (κ2) is 7.47. The molecule has 0 saturated heterocycles. The first kappa shape index (κ1) is 18.4. The number of fused-ring (bicyclic) bond motifs is 1. The zero-order valence-corrected chi connectivity index (χ0v) is 15.8. The van der Waals surface area contributed by atoms with Crippen LogP contribution in [0.25, 0.3) is 6.08 Å². The fraction of sp³-hybridized carbons (Fsp3) is 0.368. The van der Waals surface area contributed by atoms with Crippen LogP contribution in [0.15, 0.2) is 28.9 Å². The molecule has 0 radical (unpaired) electrons. The summed E-state index contributed by atoms with van der Waals surface area (Å²) in [6, 6.07) is 3.49. The number of hydrogen-bond donors (Lipinski definition) is 1. The number of carbonyl (C=O) groups excluding carboxylic acids is 2. The van der Waals surface area contributed by atoms with Gasteiger partial charge in [0.25, 0.3) is 0 Å². The standard InChI is InChI=1S/C19H21NO5S/c1-4-23-18(22)16-13-10-19(2,3)25-11-14(13)26-17(16)20-15(21)8-7-12-6-5-9-24-12/h5-9H,4,10-11H2,1-3H3,(H,20,21)/b8-7+. The van der Waals surface area contributed by atoms with Crippen LogP contribution in [-0.4, -0.2) is 24.1 Å². The Bertz CT molecular complexity index is 832. The predicted octanol–water partition coefficient (Wildman–Crippen LogP) is 4.02. The molecule has 2 aromatic rings. The van der Waals surface area contributed by atoms with Gasteiger partial charge in [-0.15, -0.1) is 11.3 Å². The summed E-state index contributed by atoms with van der Waals surface area (Å²) < 4.78 is 16.2. The lowest BCUT2D eigenvalue weighted by Crippen LogP contribution is -2.32. The fourth-order valence-electron chi connectivity index (χ4n) is 2.76. The molecule has 26 heavy (non-hydrogen) atoms. The number of carbonyl (C=O) groups is 2. The number of furan rings is 1. The molecule has 0 spiro atoms. The average Bonchev–Trinajstić information content (AvgIpc) is 3.19. The minimum atomic E-state index is -0.423. The fourth-order valence-corrected chi connectivity index (χ4v) is 3.88. The molecular weight excluding hydrogens is 354 g/mol. The average molecular weight is 375 g/mol. The van der Waals surface area contributed by atoms with Crippen molar-refractivity contribution in [1.29, 1.82) is 0 Å². The maximum Gasteiger partial charge on any atom is 0.341 e. The van der Waals surface area contributed by atoms with Crippen molar-refractivity contribution >= 4 is 34.3 Å². The first-order chi connectivity index (χ1) is 12.4. The molecule has 1 aliphatic heterocycles. The lowest BCUT2D eigenvalue weighted by Gasteiger charge is -2.30. The molecule has 2 aromatic heterocycles. The maximum atomic E-state index is 12.5. The van der Waals surface area contributed by atoms with E-state index in [1.54, 1.807) is 25.1 Å². The van der Waals surface area contributed by atoms with Crippen molar-refractivity contribution in [1.82, 2.24) is 0 Å². The van der Waals surface area contributed by atoms with E-state index in [9.17, 15) is 9.59 Å². The maximum absolute atomic E-state index is 12.5. The highest BCUT2D eigenvalue weighted by molar-refractivity contribution is 7.17. The van der Waals surface area contributed by atoms with Crippen molar-refractivity contribution in [2.24, 2.45) is 0 Å². The van der Waals surface area contributed by atoms with E-state index in [0.29, 0.717) is 29.4 Å². The zero-order valence-electron chi connectivity index (χ0n) is 15.0. The number of rotatable bonds is 5.